The Morgan fingerprint density at radius 1 is 1.23 bits per heavy atom. The van der Waals surface area contributed by atoms with E-state index in [0.29, 0.717) is 47.6 Å². The van der Waals surface area contributed by atoms with Crippen molar-refractivity contribution in [3.8, 4) is 0 Å². The van der Waals surface area contributed by atoms with Gasteiger partial charge < -0.3 is 20.7 Å². The first-order valence-electron chi connectivity index (χ1n) is 10.2. The minimum atomic E-state index is -0.414. The Hall–Kier alpha value is -3.89. The predicted molar refractivity (Wildman–Crippen MR) is 114 cm³/mol. The van der Waals surface area contributed by atoms with Crippen molar-refractivity contribution >= 4 is 40.9 Å². The Morgan fingerprint density at radius 3 is 2.81 bits per heavy atom. The molecule has 3 aromatic rings. The molecule has 1 aliphatic carbocycles. The summed E-state index contributed by atoms with van der Waals surface area (Å²) < 4.78 is 6.57. The van der Waals surface area contributed by atoms with Crippen LogP contribution in [0.5, 0.6) is 0 Å². The average Bonchev–Trinajstić information content (AvgIpc) is 3.36. The molecule has 0 bridgehead atoms. The smallest absolute Gasteiger partial charge is 0.415 e. The highest BCUT2D eigenvalue weighted by Gasteiger charge is 2.25. The highest BCUT2D eigenvalue weighted by molar-refractivity contribution is 6.00. The van der Waals surface area contributed by atoms with E-state index in [1.807, 2.05) is 0 Å². The molecule has 2 aliphatic rings. The Morgan fingerprint density at radius 2 is 2.10 bits per heavy atom. The molecule has 1 saturated carbocycles. The van der Waals surface area contributed by atoms with E-state index >= 15 is 0 Å². The molecular weight excluding hydrogens is 400 g/mol. The van der Waals surface area contributed by atoms with E-state index < -0.39 is 6.09 Å². The first-order chi connectivity index (χ1) is 15.1. The topological polar surface area (TPSA) is 126 Å². The van der Waals surface area contributed by atoms with Crippen LogP contribution in [0.25, 0.3) is 5.65 Å². The van der Waals surface area contributed by atoms with Gasteiger partial charge in [0.25, 0.3) is 5.91 Å². The third-order valence-corrected chi connectivity index (χ3v) is 5.44. The lowest BCUT2D eigenvalue weighted by molar-refractivity contribution is 0.0918. The monoisotopic (exact) mass is 422 g/mol. The van der Waals surface area contributed by atoms with Gasteiger partial charge in [-0.25, -0.2) is 14.8 Å². The number of ether oxygens (including phenoxy) is 1. The van der Waals surface area contributed by atoms with Gasteiger partial charge in [-0.05, 0) is 31.4 Å². The summed E-state index contributed by atoms with van der Waals surface area (Å²) in [4.78, 5) is 35.1. The molecule has 3 N–H and O–H groups in total. The summed E-state index contributed by atoms with van der Waals surface area (Å²) in [5, 5.41) is 13.6. The molecule has 11 heteroatoms. The minimum Gasteiger partial charge on any atom is -0.447 e. The van der Waals surface area contributed by atoms with Crippen LogP contribution in [0.3, 0.4) is 0 Å². The van der Waals surface area contributed by atoms with E-state index in [2.05, 4.69) is 31.0 Å². The molecule has 0 unspecified atom stereocenters. The molecule has 3 aromatic heterocycles. The number of nitrogens with one attached hydrogen (secondary N) is 3. The second kappa shape index (κ2) is 7.74. The number of fused-ring (bicyclic) bond motifs is 1. The van der Waals surface area contributed by atoms with Crippen LogP contribution in [-0.2, 0) is 4.74 Å². The zero-order valence-corrected chi connectivity index (χ0v) is 17.0. The van der Waals surface area contributed by atoms with Crippen LogP contribution in [-0.4, -0.2) is 57.8 Å². The molecule has 0 radical (unpaired) electrons. The average molecular weight is 422 g/mol. The van der Waals surface area contributed by atoms with Gasteiger partial charge in [-0.15, -0.1) is 0 Å². The van der Waals surface area contributed by atoms with Gasteiger partial charge in [-0.3, -0.25) is 9.69 Å². The van der Waals surface area contributed by atoms with Crippen LogP contribution in [0.1, 0.15) is 29.6 Å². The van der Waals surface area contributed by atoms with Crippen molar-refractivity contribution in [3.63, 3.8) is 0 Å². The van der Waals surface area contributed by atoms with E-state index in [1.54, 1.807) is 35.8 Å². The second-order valence-electron chi connectivity index (χ2n) is 7.44. The van der Waals surface area contributed by atoms with Gasteiger partial charge >= 0.3 is 6.09 Å². The zero-order valence-electron chi connectivity index (χ0n) is 17.0. The normalized spacial score (nSPS) is 16.2. The number of carbonyl (C=O) groups is 2. The number of rotatable bonds is 6. The van der Waals surface area contributed by atoms with E-state index in [4.69, 9.17) is 4.74 Å². The van der Waals surface area contributed by atoms with Crippen molar-refractivity contribution in [3.05, 3.63) is 36.0 Å². The number of aromatic nitrogens is 4. The van der Waals surface area contributed by atoms with Crippen LogP contribution < -0.4 is 20.9 Å². The summed E-state index contributed by atoms with van der Waals surface area (Å²) in [7, 11) is 1.77. The van der Waals surface area contributed by atoms with E-state index in [9.17, 15) is 9.59 Å². The molecule has 31 heavy (non-hydrogen) atoms. The van der Waals surface area contributed by atoms with E-state index in [-0.39, 0.29) is 11.9 Å². The van der Waals surface area contributed by atoms with E-state index in [0.717, 1.165) is 19.3 Å². The van der Waals surface area contributed by atoms with Crippen molar-refractivity contribution in [2.24, 2.45) is 0 Å². The molecule has 0 aromatic carbocycles. The van der Waals surface area contributed by atoms with Crippen LogP contribution in [0.15, 0.2) is 30.5 Å². The fourth-order valence-corrected chi connectivity index (χ4v) is 3.56. The molecule has 2 amide bonds. The standard InChI is InChI=1S/C20H22N8O3/c1-21-17-10-15(24-14-6-3-7-16(25-14)27-8-9-31-20(27)30)26-18-13(11-22-28(17)18)19(29)23-12-4-2-5-12/h3,6-7,10-12,21H,2,4-5,8-9H2,1H3,(H,23,29)(H,24,25,26). The number of cyclic esters (lactones) is 1. The largest absolute Gasteiger partial charge is 0.447 e. The first kappa shape index (κ1) is 19.1. The Labute approximate surface area is 177 Å². The zero-order chi connectivity index (χ0) is 21.4. The summed E-state index contributed by atoms with van der Waals surface area (Å²) in [6.45, 7) is 0.799. The maximum absolute atomic E-state index is 12.7. The second-order valence-corrected chi connectivity index (χ2v) is 7.44. The molecule has 1 aliphatic heterocycles. The molecule has 1 saturated heterocycles. The van der Waals surface area contributed by atoms with Crippen LogP contribution in [0, 0.1) is 0 Å². The third-order valence-electron chi connectivity index (χ3n) is 5.44. The van der Waals surface area contributed by atoms with Gasteiger partial charge in [0, 0.05) is 19.2 Å². The number of hydrogen-bond acceptors (Lipinski definition) is 8. The van der Waals surface area contributed by atoms with Gasteiger partial charge in [0.15, 0.2) is 5.65 Å². The molecule has 160 valence electrons. The number of hydrogen-bond donors (Lipinski definition) is 3. The maximum Gasteiger partial charge on any atom is 0.415 e. The molecule has 2 fully saturated rings. The molecule has 4 heterocycles. The quantitative estimate of drug-likeness (QED) is 0.552. The van der Waals surface area contributed by atoms with Crippen molar-refractivity contribution in [1.82, 2.24) is 24.9 Å². The van der Waals surface area contributed by atoms with Gasteiger partial charge in [-0.2, -0.15) is 9.61 Å². The fourth-order valence-electron chi connectivity index (χ4n) is 3.56. The highest BCUT2D eigenvalue weighted by Crippen LogP contribution is 2.24. The van der Waals surface area contributed by atoms with Crippen LogP contribution >= 0.6 is 0 Å². The Bertz CT molecular complexity index is 1160. The van der Waals surface area contributed by atoms with Gasteiger partial charge in [0.2, 0.25) is 0 Å². The molecular formula is C20H22N8O3. The number of pyridine rings is 1. The van der Waals surface area contributed by atoms with Crippen LogP contribution in [0.2, 0.25) is 0 Å². The maximum atomic E-state index is 12.7. The van der Waals surface area contributed by atoms with Gasteiger partial charge in [0.1, 0.15) is 35.4 Å². The number of nitrogens with zero attached hydrogens (tertiary/aromatic N) is 5. The summed E-state index contributed by atoms with van der Waals surface area (Å²) in [6, 6.07) is 7.30. The summed E-state index contributed by atoms with van der Waals surface area (Å²) in [6.07, 6.45) is 4.25. The summed E-state index contributed by atoms with van der Waals surface area (Å²) >= 11 is 0. The molecule has 0 atom stereocenters. The van der Waals surface area contributed by atoms with Gasteiger partial charge in [-0.1, -0.05) is 6.07 Å². The lowest BCUT2D eigenvalue weighted by atomic mass is 9.93. The molecule has 5 rings (SSSR count). The third kappa shape index (κ3) is 3.58. The van der Waals surface area contributed by atoms with Crippen molar-refractivity contribution in [2.45, 2.75) is 25.3 Å². The highest BCUT2D eigenvalue weighted by atomic mass is 16.6. The summed E-state index contributed by atoms with van der Waals surface area (Å²) in [5.74, 6) is 1.97. The van der Waals surface area contributed by atoms with Crippen molar-refractivity contribution in [1.29, 1.82) is 0 Å². The van der Waals surface area contributed by atoms with E-state index in [1.165, 1.54) is 11.1 Å². The first-order valence-corrected chi connectivity index (χ1v) is 10.2. The lowest BCUT2D eigenvalue weighted by Gasteiger charge is -2.26. The molecule has 11 nitrogen and oxygen atoms in total. The van der Waals surface area contributed by atoms with Gasteiger partial charge in [0.05, 0.1) is 12.7 Å². The number of anilines is 4. The van der Waals surface area contributed by atoms with Crippen molar-refractivity contribution in [2.75, 3.05) is 35.7 Å². The summed E-state index contributed by atoms with van der Waals surface area (Å²) in [5.41, 5.74) is 0.846. The number of carbonyl (C=O) groups excluding carboxylic acids is 2. The Kier molecular flexibility index (Phi) is 4.77. The Balaban J connectivity index is 1.45. The fraction of sp³-hybridized carbons (Fsp3) is 0.350. The minimum absolute atomic E-state index is 0.181. The predicted octanol–water partition coefficient (Wildman–Crippen LogP) is 2.15. The number of amides is 2. The van der Waals surface area contributed by atoms with Crippen LogP contribution in [0.4, 0.5) is 28.1 Å². The molecule has 0 spiro atoms. The lowest BCUT2D eigenvalue weighted by Crippen LogP contribution is -2.39. The SMILES string of the molecule is CNc1cc(Nc2cccc(N3CCOC3=O)n2)nc2c(C(=O)NC3CCC3)cnn12. The van der Waals surface area contributed by atoms with Crippen molar-refractivity contribution < 1.29 is 14.3 Å².